The summed E-state index contributed by atoms with van der Waals surface area (Å²) in [6.07, 6.45) is 18.8. The molecule has 0 aromatic heterocycles. The van der Waals surface area contributed by atoms with Crippen molar-refractivity contribution in [3.63, 3.8) is 0 Å². The maximum absolute atomic E-state index is 11.1. The van der Waals surface area contributed by atoms with E-state index in [-0.39, 0.29) is 12.8 Å². The van der Waals surface area contributed by atoms with Gasteiger partial charge in [-0.15, -0.1) is 0 Å². The normalized spacial score (nSPS) is 12.2. The molecule has 1 amide bonds. The summed E-state index contributed by atoms with van der Waals surface area (Å²) in [6, 6.07) is -0.663. The Morgan fingerprint density at radius 1 is 0.808 bits per heavy atom. The third kappa shape index (κ3) is 17.7. The van der Waals surface area contributed by atoms with E-state index in [1.54, 1.807) is 0 Å². The molecule has 0 rings (SSSR count). The Hall–Kier alpha value is -1.10. The summed E-state index contributed by atoms with van der Waals surface area (Å²) < 4.78 is 0. The smallest absolute Gasteiger partial charge is 0.320 e. The van der Waals surface area contributed by atoms with Crippen molar-refractivity contribution in [1.29, 1.82) is 0 Å². The van der Waals surface area contributed by atoms with E-state index in [4.69, 9.17) is 10.8 Å². The van der Waals surface area contributed by atoms with Crippen LogP contribution in [0.5, 0.6) is 0 Å². The van der Waals surface area contributed by atoms with Crippen molar-refractivity contribution in [3.8, 4) is 0 Å². The second-order valence-electron chi connectivity index (χ2n) is 7.45. The van der Waals surface area contributed by atoms with Gasteiger partial charge >= 0.3 is 5.97 Å². The van der Waals surface area contributed by atoms with Crippen molar-refractivity contribution in [2.45, 2.75) is 116 Å². The third-order valence-electron chi connectivity index (χ3n) is 4.90. The molecule has 0 aliphatic carbocycles. The fourth-order valence-electron chi connectivity index (χ4n) is 3.20. The predicted octanol–water partition coefficient (Wildman–Crippen LogP) is 4.78. The standard InChI is InChI=1S/C21H42N2O3/c1-2-3-4-5-6-7-8-9-10-11-12-13-14-15-18-23-19(21(25)26)16-17-20(22)24/h19,23H,2-18H2,1H3,(H2,22,24)(H,25,26). The summed E-state index contributed by atoms with van der Waals surface area (Å²) in [4.78, 5) is 21.8. The first-order chi connectivity index (χ1) is 12.6. The van der Waals surface area contributed by atoms with Gasteiger partial charge in [0.1, 0.15) is 6.04 Å². The molecule has 0 saturated heterocycles. The fourth-order valence-corrected chi connectivity index (χ4v) is 3.20. The first-order valence-corrected chi connectivity index (χ1v) is 10.8. The van der Waals surface area contributed by atoms with Crippen LogP contribution in [0.15, 0.2) is 0 Å². The van der Waals surface area contributed by atoms with Crippen LogP contribution in [0, 0.1) is 0 Å². The number of nitrogens with two attached hydrogens (primary N) is 1. The average Bonchev–Trinajstić information content (AvgIpc) is 2.60. The summed E-state index contributed by atoms with van der Waals surface area (Å²) in [5.41, 5.74) is 5.07. The van der Waals surface area contributed by atoms with Crippen molar-refractivity contribution in [2.24, 2.45) is 5.73 Å². The van der Waals surface area contributed by atoms with Crippen LogP contribution >= 0.6 is 0 Å². The van der Waals surface area contributed by atoms with Crippen molar-refractivity contribution in [1.82, 2.24) is 5.32 Å². The van der Waals surface area contributed by atoms with E-state index >= 15 is 0 Å². The zero-order valence-electron chi connectivity index (χ0n) is 16.9. The molecule has 0 aromatic carbocycles. The Balaban J connectivity index is 3.32. The summed E-state index contributed by atoms with van der Waals surface area (Å²) in [7, 11) is 0. The molecule has 0 saturated carbocycles. The molecule has 4 N–H and O–H groups in total. The molecule has 1 atom stereocenters. The Bertz CT molecular complexity index is 348. The summed E-state index contributed by atoms with van der Waals surface area (Å²) in [5.74, 6) is -1.36. The Morgan fingerprint density at radius 2 is 1.23 bits per heavy atom. The zero-order chi connectivity index (χ0) is 19.5. The fraction of sp³-hybridized carbons (Fsp3) is 0.905. The van der Waals surface area contributed by atoms with E-state index < -0.39 is 17.9 Å². The maximum Gasteiger partial charge on any atom is 0.320 e. The number of unbranched alkanes of at least 4 members (excludes halogenated alkanes) is 13. The number of carbonyl (C=O) groups excluding carboxylic acids is 1. The molecule has 5 nitrogen and oxygen atoms in total. The Kier molecular flexibility index (Phi) is 17.9. The zero-order valence-corrected chi connectivity index (χ0v) is 16.9. The highest BCUT2D eigenvalue weighted by atomic mass is 16.4. The number of carbonyl (C=O) groups is 2. The van der Waals surface area contributed by atoms with E-state index in [0.717, 1.165) is 12.8 Å². The van der Waals surface area contributed by atoms with Gasteiger partial charge in [0.2, 0.25) is 5.91 Å². The first kappa shape index (κ1) is 24.9. The monoisotopic (exact) mass is 370 g/mol. The second-order valence-corrected chi connectivity index (χ2v) is 7.45. The molecule has 1 unspecified atom stereocenters. The van der Waals surface area contributed by atoms with Gasteiger partial charge in [0, 0.05) is 6.42 Å². The van der Waals surface area contributed by atoms with Gasteiger partial charge in [-0.25, -0.2) is 0 Å². The van der Waals surface area contributed by atoms with E-state index in [1.165, 1.54) is 77.0 Å². The minimum absolute atomic E-state index is 0.114. The molecule has 0 bridgehead atoms. The molecule has 5 heteroatoms. The minimum atomic E-state index is -0.906. The molecule has 0 heterocycles. The van der Waals surface area contributed by atoms with Gasteiger partial charge in [-0.3, -0.25) is 9.59 Å². The Morgan fingerprint density at radius 3 is 1.62 bits per heavy atom. The molecule has 154 valence electrons. The minimum Gasteiger partial charge on any atom is -0.480 e. The molecule has 0 spiro atoms. The second kappa shape index (κ2) is 18.7. The van der Waals surface area contributed by atoms with Crippen LogP contribution in [0.4, 0.5) is 0 Å². The topological polar surface area (TPSA) is 92.4 Å². The first-order valence-electron chi connectivity index (χ1n) is 10.8. The lowest BCUT2D eigenvalue weighted by atomic mass is 10.0. The van der Waals surface area contributed by atoms with Gasteiger partial charge in [-0.2, -0.15) is 0 Å². The predicted molar refractivity (Wildman–Crippen MR) is 108 cm³/mol. The number of primary amides is 1. The van der Waals surface area contributed by atoms with E-state index in [2.05, 4.69) is 12.2 Å². The van der Waals surface area contributed by atoms with Crippen molar-refractivity contribution < 1.29 is 14.7 Å². The lowest BCUT2D eigenvalue weighted by molar-refractivity contribution is -0.139. The van der Waals surface area contributed by atoms with Crippen LogP contribution in [0.2, 0.25) is 0 Å². The molecule has 26 heavy (non-hydrogen) atoms. The molecule has 0 aliphatic rings. The molecule has 0 aliphatic heterocycles. The molecule has 0 aromatic rings. The third-order valence-corrected chi connectivity index (χ3v) is 4.90. The summed E-state index contributed by atoms with van der Waals surface area (Å²) in [6.45, 7) is 2.95. The number of nitrogens with one attached hydrogen (secondary N) is 1. The largest absolute Gasteiger partial charge is 0.480 e. The van der Waals surface area contributed by atoms with E-state index in [9.17, 15) is 9.59 Å². The number of amides is 1. The highest BCUT2D eigenvalue weighted by Gasteiger charge is 2.16. The van der Waals surface area contributed by atoms with Crippen molar-refractivity contribution in [2.75, 3.05) is 6.54 Å². The number of aliphatic carboxylic acids is 1. The van der Waals surface area contributed by atoms with Crippen LogP contribution in [0.1, 0.15) is 110 Å². The molecular formula is C21H42N2O3. The lowest BCUT2D eigenvalue weighted by Crippen LogP contribution is -2.38. The van der Waals surface area contributed by atoms with Gasteiger partial charge in [0.25, 0.3) is 0 Å². The van der Waals surface area contributed by atoms with Crippen LogP contribution in [0.3, 0.4) is 0 Å². The van der Waals surface area contributed by atoms with Gasteiger partial charge in [-0.1, -0.05) is 90.4 Å². The van der Waals surface area contributed by atoms with Crippen LogP contribution in [-0.4, -0.2) is 29.6 Å². The Labute approximate surface area is 160 Å². The lowest BCUT2D eigenvalue weighted by Gasteiger charge is -2.13. The molecular weight excluding hydrogens is 328 g/mol. The van der Waals surface area contributed by atoms with Gasteiger partial charge in [0.15, 0.2) is 0 Å². The van der Waals surface area contributed by atoms with Gasteiger partial charge in [0.05, 0.1) is 0 Å². The van der Waals surface area contributed by atoms with Gasteiger partial charge in [-0.05, 0) is 19.4 Å². The number of hydrogen-bond donors (Lipinski definition) is 3. The van der Waals surface area contributed by atoms with Crippen LogP contribution in [0.25, 0.3) is 0 Å². The van der Waals surface area contributed by atoms with Crippen molar-refractivity contribution >= 4 is 11.9 Å². The highest BCUT2D eigenvalue weighted by molar-refractivity contribution is 5.77. The quantitative estimate of drug-likeness (QED) is 0.269. The SMILES string of the molecule is CCCCCCCCCCCCCCCCNC(CCC(N)=O)C(=O)O. The number of carboxylic acids is 1. The highest BCUT2D eigenvalue weighted by Crippen LogP contribution is 2.12. The summed E-state index contributed by atoms with van der Waals surface area (Å²) >= 11 is 0. The van der Waals surface area contributed by atoms with Crippen molar-refractivity contribution in [3.05, 3.63) is 0 Å². The maximum atomic E-state index is 11.1. The molecule has 0 fully saturated rings. The van der Waals surface area contributed by atoms with E-state index in [1.807, 2.05) is 0 Å². The van der Waals surface area contributed by atoms with E-state index in [0.29, 0.717) is 6.54 Å². The molecule has 0 radical (unpaired) electrons. The van der Waals surface area contributed by atoms with Gasteiger partial charge < -0.3 is 16.2 Å². The number of carboxylic acid groups (broad SMARTS) is 1. The van der Waals surface area contributed by atoms with Crippen LogP contribution in [-0.2, 0) is 9.59 Å². The average molecular weight is 371 g/mol. The van der Waals surface area contributed by atoms with Crippen LogP contribution < -0.4 is 11.1 Å². The summed E-state index contributed by atoms with van der Waals surface area (Å²) in [5, 5.41) is 12.1. The number of rotatable bonds is 20. The number of hydrogen-bond acceptors (Lipinski definition) is 3.